The normalized spacial score (nSPS) is 24.0. The number of rotatable bonds is 3. The first kappa shape index (κ1) is 15.0. The Kier molecular flexibility index (Phi) is 4.41. The first-order valence-corrected chi connectivity index (χ1v) is 7.99. The fraction of sp³-hybridized carbons (Fsp3) is 0.588. The second kappa shape index (κ2) is 6.46. The van der Waals surface area contributed by atoms with E-state index in [9.17, 15) is 4.79 Å². The zero-order chi connectivity index (χ0) is 15.5. The molecule has 1 aromatic carbocycles. The third kappa shape index (κ3) is 3.13. The summed E-state index contributed by atoms with van der Waals surface area (Å²) >= 11 is 0. The van der Waals surface area contributed by atoms with Gasteiger partial charge in [-0.15, -0.1) is 0 Å². The smallest absolute Gasteiger partial charge is 0.260 e. The highest BCUT2D eigenvalue weighted by molar-refractivity contribution is 5.78. The largest absolute Gasteiger partial charge is 0.486 e. The van der Waals surface area contributed by atoms with Crippen LogP contribution in [0.4, 0.5) is 0 Å². The van der Waals surface area contributed by atoms with Gasteiger partial charge in [0.05, 0.1) is 0 Å². The lowest BCUT2D eigenvalue weighted by molar-refractivity contribution is -0.139. The molecule has 0 N–H and O–H groups in total. The van der Waals surface area contributed by atoms with Crippen molar-refractivity contribution in [2.75, 3.05) is 19.8 Å². The number of piperidine rings is 1. The van der Waals surface area contributed by atoms with Crippen LogP contribution in [-0.4, -0.2) is 42.7 Å². The van der Waals surface area contributed by atoms with E-state index in [-0.39, 0.29) is 12.5 Å². The first-order chi connectivity index (χ1) is 10.6. The molecule has 1 amide bonds. The number of likely N-dealkylation sites (tertiary alicyclic amines) is 1. The van der Waals surface area contributed by atoms with Gasteiger partial charge in [-0.1, -0.05) is 0 Å². The predicted molar refractivity (Wildman–Crippen MR) is 82.5 cm³/mol. The molecule has 0 saturated carbocycles. The highest BCUT2D eigenvalue weighted by atomic mass is 16.6. The molecule has 1 aromatic rings. The van der Waals surface area contributed by atoms with Crippen LogP contribution in [0.5, 0.6) is 17.2 Å². The monoisotopic (exact) mass is 305 g/mol. The maximum Gasteiger partial charge on any atom is 0.260 e. The Morgan fingerprint density at radius 1 is 1.18 bits per heavy atom. The van der Waals surface area contributed by atoms with Gasteiger partial charge in [0.1, 0.15) is 19.0 Å². The fourth-order valence-electron chi connectivity index (χ4n) is 3.25. The van der Waals surface area contributed by atoms with Gasteiger partial charge in [0.2, 0.25) is 0 Å². The Morgan fingerprint density at radius 2 is 1.86 bits per heavy atom. The Balaban J connectivity index is 1.61. The summed E-state index contributed by atoms with van der Waals surface area (Å²) in [5, 5.41) is 0. The number of ether oxygens (including phenoxy) is 3. The molecule has 120 valence electrons. The van der Waals surface area contributed by atoms with Crippen LogP contribution in [0.3, 0.4) is 0 Å². The van der Waals surface area contributed by atoms with E-state index in [2.05, 4.69) is 13.8 Å². The van der Waals surface area contributed by atoms with E-state index >= 15 is 0 Å². The lowest BCUT2D eigenvalue weighted by atomic mass is 9.97. The van der Waals surface area contributed by atoms with Gasteiger partial charge < -0.3 is 19.1 Å². The third-order valence-corrected chi connectivity index (χ3v) is 4.36. The average molecular weight is 305 g/mol. The van der Waals surface area contributed by atoms with E-state index < -0.39 is 0 Å². The number of amides is 1. The Hall–Kier alpha value is -1.91. The molecule has 0 aromatic heterocycles. The topological polar surface area (TPSA) is 48.0 Å². The van der Waals surface area contributed by atoms with Gasteiger partial charge >= 0.3 is 0 Å². The van der Waals surface area contributed by atoms with Gasteiger partial charge in [-0.25, -0.2) is 0 Å². The number of carbonyl (C=O) groups is 1. The molecule has 5 heteroatoms. The summed E-state index contributed by atoms with van der Waals surface area (Å²) < 4.78 is 16.6. The number of hydrogen-bond acceptors (Lipinski definition) is 4. The summed E-state index contributed by atoms with van der Waals surface area (Å²) in [5.74, 6) is 2.09. The highest BCUT2D eigenvalue weighted by Gasteiger charge is 2.29. The fourth-order valence-corrected chi connectivity index (χ4v) is 3.25. The van der Waals surface area contributed by atoms with Crippen molar-refractivity contribution in [3.63, 3.8) is 0 Å². The highest BCUT2D eigenvalue weighted by Crippen LogP contribution is 2.33. The van der Waals surface area contributed by atoms with E-state index in [4.69, 9.17) is 14.2 Å². The van der Waals surface area contributed by atoms with Crippen LogP contribution in [0.1, 0.15) is 33.1 Å². The minimum atomic E-state index is 0.0505. The zero-order valence-corrected chi connectivity index (χ0v) is 13.2. The quantitative estimate of drug-likeness (QED) is 0.861. The van der Waals surface area contributed by atoms with E-state index in [1.807, 2.05) is 17.0 Å². The lowest BCUT2D eigenvalue weighted by Gasteiger charge is -2.39. The molecule has 1 fully saturated rings. The Labute approximate surface area is 131 Å². The van der Waals surface area contributed by atoms with E-state index in [1.165, 1.54) is 6.42 Å². The number of hydrogen-bond donors (Lipinski definition) is 0. The molecule has 0 bridgehead atoms. The molecule has 0 aliphatic carbocycles. The Morgan fingerprint density at radius 3 is 2.59 bits per heavy atom. The first-order valence-electron chi connectivity index (χ1n) is 7.99. The van der Waals surface area contributed by atoms with Gasteiger partial charge in [-0.05, 0) is 45.2 Å². The second-order valence-electron chi connectivity index (χ2n) is 6.02. The van der Waals surface area contributed by atoms with Crippen LogP contribution in [0.2, 0.25) is 0 Å². The molecule has 5 nitrogen and oxygen atoms in total. The molecule has 2 atom stereocenters. The third-order valence-electron chi connectivity index (χ3n) is 4.36. The van der Waals surface area contributed by atoms with E-state index in [0.29, 0.717) is 36.8 Å². The summed E-state index contributed by atoms with van der Waals surface area (Å²) in [4.78, 5) is 14.4. The molecule has 0 spiro atoms. The van der Waals surface area contributed by atoms with E-state index in [1.54, 1.807) is 6.07 Å². The number of benzene rings is 1. The van der Waals surface area contributed by atoms with Crippen molar-refractivity contribution in [3.05, 3.63) is 18.2 Å². The van der Waals surface area contributed by atoms with E-state index in [0.717, 1.165) is 18.6 Å². The molecule has 2 aliphatic rings. The van der Waals surface area contributed by atoms with Crippen LogP contribution >= 0.6 is 0 Å². The molecule has 3 rings (SSSR count). The van der Waals surface area contributed by atoms with Crippen LogP contribution in [0.15, 0.2) is 18.2 Å². The molecule has 2 heterocycles. The van der Waals surface area contributed by atoms with Crippen molar-refractivity contribution in [1.29, 1.82) is 0 Å². The zero-order valence-electron chi connectivity index (χ0n) is 13.2. The summed E-state index contributed by atoms with van der Waals surface area (Å²) in [7, 11) is 0. The van der Waals surface area contributed by atoms with Gasteiger partial charge in [-0.3, -0.25) is 4.79 Å². The van der Waals surface area contributed by atoms with Crippen LogP contribution < -0.4 is 14.2 Å². The standard InChI is InChI=1S/C17H23NO4/c1-12-4-3-5-13(2)18(12)17(19)11-22-14-6-7-15-16(10-14)21-9-8-20-15/h6-7,10,12-13H,3-5,8-9,11H2,1-2H3. The van der Waals surface area contributed by atoms with Crippen molar-refractivity contribution < 1.29 is 19.0 Å². The van der Waals surface area contributed by atoms with Gasteiger partial charge in [-0.2, -0.15) is 0 Å². The van der Waals surface area contributed by atoms with Gasteiger partial charge in [0.25, 0.3) is 5.91 Å². The predicted octanol–water partition coefficient (Wildman–Crippen LogP) is 2.63. The molecule has 2 unspecified atom stereocenters. The van der Waals surface area contributed by atoms with Crippen LogP contribution in [-0.2, 0) is 4.79 Å². The number of nitrogens with zero attached hydrogens (tertiary/aromatic N) is 1. The number of fused-ring (bicyclic) bond motifs is 1. The molecule has 2 aliphatic heterocycles. The average Bonchev–Trinajstić information content (AvgIpc) is 2.52. The minimum absolute atomic E-state index is 0.0505. The van der Waals surface area contributed by atoms with Crippen molar-refractivity contribution in [1.82, 2.24) is 4.90 Å². The molecular weight excluding hydrogens is 282 g/mol. The summed E-state index contributed by atoms with van der Waals surface area (Å²) in [6.45, 7) is 5.39. The summed E-state index contributed by atoms with van der Waals surface area (Å²) in [6.07, 6.45) is 3.33. The van der Waals surface area contributed by atoms with Gasteiger partial charge in [0, 0.05) is 18.2 Å². The minimum Gasteiger partial charge on any atom is -0.486 e. The summed E-state index contributed by atoms with van der Waals surface area (Å²) in [6, 6.07) is 6.00. The van der Waals surface area contributed by atoms with Crippen molar-refractivity contribution in [2.24, 2.45) is 0 Å². The maximum absolute atomic E-state index is 12.4. The van der Waals surface area contributed by atoms with Crippen molar-refractivity contribution >= 4 is 5.91 Å². The molecule has 22 heavy (non-hydrogen) atoms. The molecule has 1 saturated heterocycles. The maximum atomic E-state index is 12.4. The summed E-state index contributed by atoms with van der Waals surface area (Å²) in [5.41, 5.74) is 0. The molecular formula is C17H23NO4. The molecule has 0 radical (unpaired) electrons. The van der Waals surface area contributed by atoms with Crippen molar-refractivity contribution in [3.8, 4) is 17.2 Å². The number of carbonyl (C=O) groups excluding carboxylic acids is 1. The SMILES string of the molecule is CC1CCCC(C)N1C(=O)COc1ccc2c(c1)OCCO2. The second-order valence-corrected chi connectivity index (χ2v) is 6.02. The van der Waals surface area contributed by atoms with Crippen molar-refractivity contribution in [2.45, 2.75) is 45.2 Å². The lowest BCUT2D eigenvalue weighted by Crippen LogP contribution is -2.49. The Bertz CT molecular complexity index is 535. The van der Waals surface area contributed by atoms with Gasteiger partial charge in [0.15, 0.2) is 18.1 Å². The van der Waals surface area contributed by atoms with Crippen LogP contribution in [0.25, 0.3) is 0 Å². The van der Waals surface area contributed by atoms with Crippen LogP contribution in [0, 0.1) is 0 Å².